The van der Waals surface area contributed by atoms with Crippen LogP contribution in [-0.2, 0) is 9.47 Å². The zero-order chi connectivity index (χ0) is 7.73. The monoisotopic (exact) mass is 154 g/mol. The van der Waals surface area contributed by atoms with Crippen LogP contribution in [0.5, 0.6) is 0 Å². The molecule has 0 saturated carbocycles. The molecular weight excluding hydrogens is 140 g/mol. The van der Waals surface area contributed by atoms with E-state index in [1.54, 1.807) is 0 Å². The number of rotatable bonds is 0. The molecule has 0 unspecified atom stereocenters. The predicted octanol–water partition coefficient (Wildman–Crippen LogP) is 1.86. The van der Waals surface area contributed by atoms with Crippen molar-refractivity contribution in [3.63, 3.8) is 0 Å². The average molecular weight is 154 g/mol. The van der Waals surface area contributed by atoms with Gasteiger partial charge in [0.05, 0.1) is 13.2 Å². The Morgan fingerprint density at radius 3 is 2.73 bits per heavy atom. The van der Waals surface area contributed by atoms with Gasteiger partial charge in [0, 0.05) is 6.42 Å². The van der Waals surface area contributed by atoms with Crippen LogP contribution < -0.4 is 0 Å². The van der Waals surface area contributed by atoms with Gasteiger partial charge in [0.2, 0.25) is 0 Å². The minimum absolute atomic E-state index is 0.307. The molecule has 0 atom stereocenters. The molecule has 2 heteroatoms. The first-order valence-corrected chi connectivity index (χ1v) is 4.29. The zero-order valence-electron chi connectivity index (χ0n) is 6.93. The van der Waals surface area contributed by atoms with Crippen molar-refractivity contribution in [2.24, 2.45) is 0 Å². The second-order valence-corrected chi connectivity index (χ2v) is 3.23. The van der Waals surface area contributed by atoms with Gasteiger partial charge in [0.25, 0.3) is 0 Å². The van der Waals surface area contributed by atoms with E-state index >= 15 is 0 Å². The van der Waals surface area contributed by atoms with Crippen LogP contribution in [0, 0.1) is 0 Å². The van der Waals surface area contributed by atoms with Gasteiger partial charge in [0.1, 0.15) is 0 Å². The SMILES string of the molecule is CC1=CCCCC12OCCO2. The summed E-state index contributed by atoms with van der Waals surface area (Å²) in [5.74, 6) is -0.307. The molecule has 62 valence electrons. The van der Waals surface area contributed by atoms with E-state index in [1.165, 1.54) is 18.4 Å². The lowest BCUT2D eigenvalue weighted by molar-refractivity contribution is -0.134. The van der Waals surface area contributed by atoms with Crippen molar-refractivity contribution in [2.75, 3.05) is 13.2 Å². The van der Waals surface area contributed by atoms with Crippen molar-refractivity contribution in [1.29, 1.82) is 0 Å². The van der Waals surface area contributed by atoms with Crippen molar-refractivity contribution < 1.29 is 9.47 Å². The fourth-order valence-electron chi connectivity index (χ4n) is 1.83. The van der Waals surface area contributed by atoms with Crippen molar-refractivity contribution in [2.45, 2.75) is 32.0 Å². The summed E-state index contributed by atoms with van der Waals surface area (Å²) in [6.45, 7) is 3.61. The molecule has 1 spiro atoms. The van der Waals surface area contributed by atoms with Gasteiger partial charge >= 0.3 is 0 Å². The Hall–Kier alpha value is -0.340. The molecule has 2 nitrogen and oxygen atoms in total. The van der Waals surface area contributed by atoms with E-state index in [0.29, 0.717) is 0 Å². The van der Waals surface area contributed by atoms with Gasteiger partial charge in [-0.3, -0.25) is 0 Å². The maximum absolute atomic E-state index is 5.60. The van der Waals surface area contributed by atoms with Gasteiger partial charge in [-0.05, 0) is 25.3 Å². The lowest BCUT2D eigenvalue weighted by atomic mass is 9.94. The Balaban J connectivity index is 2.21. The summed E-state index contributed by atoms with van der Waals surface area (Å²) in [6, 6.07) is 0. The van der Waals surface area contributed by atoms with Gasteiger partial charge in [0.15, 0.2) is 5.79 Å². The normalized spacial score (nSPS) is 29.0. The van der Waals surface area contributed by atoms with E-state index in [-0.39, 0.29) is 5.79 Å². The first-order valence-electron chi connectivity index (χ1n) is 4.29. The molecule has 0 N–H and O–H groups in total. The number of hydrogen-bond donors (Lipinski definition) is 0. The Kier molecular flexibility index (Phi) is 1.74. The van der Waals surface area contributed by atoms with Crippen LogP contribution in [0.2, 0.25) is 0 Å². The summed E-state index contributed by atoms with van der Waals surface area (Å²) in [5.41, 5.74) is 1.27. The Morgan fingerprint density at radius 1 is 1.36 bits per heavy atom. The second kappa shape index (κ2) is 2.61. The summed E-state index contributed by atoms with van der Waals surface area (Å²) in [5, 5.41) is 0. The molecule has 0 aromatic heterocycles. The third-order valence-electron chi connectivity index (χ3n) is 2.52. The molecule has 0 radical (unpaired) electrons. The highest BCUT2D eigenvalue weighted by molar-refractivity contribution is 5.14. The molecule has 2 rings (SSSR count). The summed E-state index contributed by atoms with van der Waals surface area (Å²) < 4.78 is 11.2. The Bertz CT molecular complexity index is 178. The molecule has 1 aliphatic heterocycles. The van der Waals surface area contributed by atoms with E-state index in [9.17, 15) is 0 Å². The van der Waals surface area contributed by atoms with Crippen LogP contribution in [0.4, 0.5) is 0 Å². The van der Waals surface area contributed by atoms with Gasteiger partial charge in [-0.1, -0.05) is 6.08 Å². The van der Waals surface area contributed by atoms with Crippen LogP contribution in [0.1, 0.15) is 26.2 Å². The van der Waals surface area contributed by atoms with E-state index < -0.39 is 0 Å². The lowest BCUT2D eigenvalue weighted by Crippen LogP contribution is -2.33. The second-order valence-electron chi connectivity index (χ2n) is 3.23. The molecule has 0 aromatic carbocycles. The highest BCUT2D eigenvalue weighted by atomic mass is 16.7. The van der Waals surface area contributed by atoms with E-state index in [4.69, 9.17) is 9.47 Å². The molecule has 0 bridgehead atoms. The van der Waals surface area contributed by atoms with Gasteiger partial charge in [-0.2, -0.15) is 0 Å². The average Bonchev–Trinajstić information content (AvgIpc) is 2.46. The topological polar surface area (TPSA) is 18.5 Å². The first-order chi connectivity index (χ1) is 5.33. The maximum Gasteiger partial charge on any atom is 0.190 e. The standard InChI is InChI=1S/C9H14O2/c1-8-4-2-3-5-9(8)10-6-7-11-9/h4H,2-3,5-7H2,1H3. The summed E-state index contributed by atoms with van der Waals surface area (Å²) >= 11 is 0. The highest BCUT2D eigenvalue weighted by Gasteiger charge is 2.38. The Morgan fingerprint density at radius 2 is 2.09 bits per heavy atom. The minimum Gasteiger partial charge on any atom is -0.344 e. The van der Waals surface area contributed by atoms with Crippen molar-refractivity contribution in [3.05, 3.63) is 11.6 Å². The third kappa shape index (κ3) is 1.10. The molecule has 0 aromatic rings. The molecular formula is C9H14O2. The number of hydrogen-bond acceptors (Lipinski definition) is 2. The van der Waals surface area contributed by atoms with Gasteiger partial charge in [-0.15, -0.1) is 0 Å². The summed E-state index contributed by atoms with van der Waals surface area (Å²) in [4.78, 5) is 0. The first kappa shape index (κ1) is 7.32. The largest absolute Gasteiger partial charge is 0.344 e. The lowest BCUT2D eigenvalue weighted by Gasteiger charge is -2.31. The Labute approximate surface area is 67.2 Å². The van der Waals surface area contributed by atoms with Gasteiger partial charge < -0.3 is 9.47 Å². The molecule has 1 saturated heterocycles. The van der Waals surface area contributed by atoms with Crippen molar-refractivity contribution >= 4 is 0 Å². The quantitative estimate of drug-likeness (QED) is 0.496. The zero-order valence-corrected chi connectivity index (χ0v) is 6.93. The smallest absolute Gasteiger partial charge is 0.190 e. The van der Waals surface area contributed by atoms with E-state index in [0.717, 1.165) is 19.6 Å². The molecule has 0 amide bonds. The predicted molar refractivity (Wildman–Crippen MR) is 42.2 cm³/mol. The number of allylic oxidation sites excluding steroid dienone is 1. The minimum atomic E-state index is -0.307. The maximum atomic E-state index is 5.60. The fourth-order valence-corrected chi connectivity index (χ4v) is 1.83. The number of ether oxygens (including phenoxy) is 2. The van der Waals surface area contributed by atoms with Crippen LogP contribution in [-0.4, -0.2) is 19.0 Å². The van der Waals surface area contributed by atoms with Crippen LogP contribution >= 0.6 is 0 Å². The molecule has 1 heterocycles. The van der Waals surface area contributed by atoms with E-state index in [2.05, 4.69) is 13.0 Å². The van der Waals surface area contributed by atoms with Gasteiger partial charge in [-0.25, -0.2) is 0 Å². The fraction of sp³-hybridized carbons (Fsp3) is 0.778. The van der Waals surface area contributed by atoms with Crippen LogP contribution in [0.25, 0.3) is 0 Å². The summed E-state index contributed by atoms with van der Waals surface area (Å²) in [6.07, 6.45) is 5.64. The third-order valence-corrected chi connectivity index (χ3v) is 2.52. The van der Waals surface area contributed by atoms with Crippen LogP contribution in [0.3, 0.4) is 0 Å². The highest BCUT2D eigenvalue weighted by Crippen LogP contribution is 2.36. The van der Waals surface area contributed by atoms with Crippen LogP contribution in [0.15, 0.2) is 11.6 Å². The molecule has 1 aliphatic carbocycles. The van der Waals surface area contributed by atoms with E-state index in [1.807, 2.05) is 0 Å². The molecule has 1 fully saturated rings. The van der Waals surface area contributed by atoms with Crippen molar-refractivity contribution in [3.8, 4) is 0 Å². The summed E-state index contributed by atoms with van der Waals surface area (Å²) in [7, 11) is 0. The van der Waals surface area contributed by atoms with Crippen molar-refractivity contribution in [1.82, 2.24) is 0 Å². The molecule has 11 heavy (non-hydrogen) atoms. The molecule has 2 aliphatic rings.